The van der Waals surface area contributed by atoms with E-state index in [-0.39, 0.29) is 17.4 Å². The van der Waals surface area contributed by atoms with Crippen molar-refractivity contribution >= 4 is 46.3 Å². The molecule has 0 aliphatic carbocycles. The first-order chi connectivity index (χ1) is 17.6. The number of aromatic nitrogens is 3. The molecule has 1 aromatic heterocycles. The van der Waals surface area contributed by atoms with Gasteiger partial charge in [-0.1, -0.05) is 60.1 Å². The van der Waals surface area contributed by atoms with Crippen LogP contribution in [0, 0.1) is 0 Å². The molecule has 0 aliphatic heterocycles. The Kier molecular flexibility index (Phi) is 6.97. The first kappa shape index (κ1) is 23.6. The Morgan fingerprint density at radius 2 is 1.78 bits per heavy atom. The predicted molar refractivity (Wildman–Crippen MR) is 143 cm³/mol. The molecule has 5 rings (SSSR count). The van der Waals surface area contributed by atoms with E-state index >= 15 is 0 Å². The number of carbonyl (C=O) groups excluding carboxylic acids is 1. The smallest absolute Gasteiger partial charge is 0.342 e. The number of hydrogen-bond acceptors (Lipinski definition) is 5. The van der Waals surface area contributed by atoms with Crippen molar-refractivity contribution in [1.82, 2.24) is 15.6 Å². The monoisotopic (exact) mass is 514 g/mol. The molecule has 1 heterocycles. The van der Waals surface area contributed by atoms with Crippen LogP contribution in [-0.4, -0.2) is 33.2 Å². The van der Waals surface area contributed by atoms with Crippen molar-refractivity contribution in [1.29, 1.82) is 0 Å². The van der Waals surface area contributed by atoms with Gasteiger partial charge in [-0.2, -0.15) is 9.67 Å². The minimum Gasteiger partial charge on any atom is -0.507 e. The number of H-pyrrole nitrogens is 1. The normalized spacial score (nSPS) is 11.2. The molecular formula is C27H21ClN5O2S+. The third-order valence-electron chi connectivity index (χ3n) is 5.47. The molecular weight excluding hydrogens is 494 g/mol. The van der Waals surface area contributed by atoms with Gasteiger partial charge in [0.25, 0.3) is 11.7 Å². The quantitative estimate of drug-likeness (QED) is 0.122. The van der Waals surface area contributed by atoms with Crippen molar-refractivity contribution in [3.05, 3.63) is 102 Å². The largest absolute Gasteiger partial charge is 0.507 e. The lowest BCUT2D eigenvalue weighted by Gasteiger charge is -2.05. The van der Waals surface area contributed by atoms with Gasteiger partial charge in [-0.05, 0) is 65.0 Å². The number of amides is 1. The number of thioether (sulfide) groups is 1. The Bertz CT molecular complexity index is 1550. The molecule has 0 unspecified atom stereocenters. The van der Waals surface area contributed by atoms with E-state index in [0.29, 0.717) is 15.7 Å². The highest BCUT2D eigenvalue weighted by molar-refractivity contribution is 7.99. The number of halogens is 1. The molecule has 7 nitrogen and oxygen atoms in total. The molecule has 1 amide bonds. The second-order valence-electron chi connectivity index (χ2n) is 7.83. The topological polar surface area (TPSA) is 94.3 Å². The Morgan fingerprint density at radius 3 is 2.58 bits per heavy atom. The molecule has 3 N–H and O–H groups in total. The summed E-state index contributed by atoms with van der Waals surface area (Å²) in [5.41, 5.74) is 4.89. The number of para-hydroxylation sites is 1. The van der Waals surface area contributed by atoms with E-state index in [1.54, 1.807) is 6.07 Å². The molecule has 0 bridgehead atoms. The molecule has 4 aromatic carbocycles. The van der Waals surface area contributed by atoms with Crippen LogP contribution in [0.15, 0.2) is 101 Å². The summed E-state index contributed by atoms with van der Waals surface area (Å²) in [6, 6.07) is 28.3. The number of nitrogens with zero attached hydrogens (tertiary/aromatic N) is 3. The Morgan fingerprint density at radius 1 is 1.03 bits per heavy atom. The van der Waals surface area contributed by atoms with Gasteiger partial charge in [0.2, 0.25) is 0 Å². The minimum absolute atomic E-state index is 0.0937. The minimum atomic E-state index is -0.299. The van der Waals surface area contributed by atoms with Crippen LogP contribution < -0.4 is 9.99 Å². The van der Waals surface area contributed by atoms with E-state index in [2.05, 4.69) is 20.7 Å². The van der Waals surface area contributed by atoms with E-state index < -0.39 is 0 Å². The van der Waals surface area contributed by atoms with Crippen molar-refractivity contribution in [2.75, 3.05) is 5.75 Å². The average molecular weight is 515 g/mol. The van der Waals surface area contributed by atoms with E-state index in [0.717, 1.165) is 27.8 Å². The molecule has 178 valence electrons. The standard InChI is InChI=1S/C27H20ClN5O2S/c28-20-13-10-19(11-14-20)26-31-32-27(33(26)21-7-2-1-3-8-21)36-17-25(35)30-29-16-23-22-9-5-4-6-18(22)12-15-24(23)34/h1-16H,17H2,(H2,29,30,34,35)/p+1. The van der Waals surface area contributed by atoms with Gasteiger partial charge in [-0.15, -0.1) is 5.10 Å². The van der Waals surface area contributed by atoms with Crippen LogP contribution in [0.25, 0.3) is 27.8 Å². The molecule has 36 heavy (non-hydrogen) atoms. The lowest BCUT2D eigenvalue weighted by molar-refractivity contribution is -0.625. The van der Waals surface area contributed by atoms with Crippen molar-refractivity contribution in [3.8, 4) is 22.8 Å². The summed E-state index contributed by atoms with van der Waals surface area (Å²) in [4.78, 5) is 12.5. The van der Waals surface area contributed by atoms with Gasteiger partial charge < -0.3 is 5.11 Å². The number of carbonyl (C=O) groups is 1. The number of phenols is 1. The summed E-state index contributed by atoms with van der Waals surface area (Å²) in [6.45, 7) is 0. The Balaban J connectivity index is 1.33. The predicted octanol–water partition coefficient (Wildman–Crippen LogP) is 5.11. The summed E-state index contributed by atoms with van der Waals surface area (Å²) in [7, 11) is 0. The molecule has 0 atom stereocenters. The van der Waals surface area contributed by atoms with Gasteiger partial charge >= 0.3 is 5.16 Å². The van der Waals surface area contributed by atoms with E-state index in [1.807, 2.05) is 89.5 Å². The maximum absolute atomic E-state index is 12.5. The van der Waals surface area contributed by atoms with Crippen LogP contribution in [0.1, 0.15) is 5.56 Å². The van der Waals surface area contributed by atoms with Gasteiger partial charge in [0, 0.05) is 10.6 Å². The van der Waals surface area contributed by atoms with Gasteiger partial charge in [-0.3, -0.25) is 4.79 Å². The van der Waals surface area contributed by atoms with Gasteiger partial charge in [-0.25, -0.2) is 5.43 Å². The van der Waals surface area contributed by atoms with Crippen molar-refractivity contribution in [2.24, 2.45) is 5.10 Å². The summed E-state index contributed by atoms with van der Waals surface area (Å²) in [6.07, 6.45) is 1.46. The number of phenolic OH excluding ortho intramolecular Hbond substituents is 1. The first-order valence-electron chi connectivity index (χ1n) is 11.1. The second-order valence-corrected chi connectivity index (χ2v) is 9.21. The van der Waals surface area contributed by atoms with Crippen LogP contribution in [0.2, 0.25) is 5.02 Å². The van der Waals surface area contributed by atoms with Crippen molar-refractivity contribution in [2.45, 2.75) is 5.16 Å². The second kappa shape index (κ2) is 10.6. The third-order valence-corrected chi connectivity index (χ3v) is 6.66. The first-order valence-corrected chi connectivity index (χ1v) is 12.4. The lowest BCUT2D eigenvalue weighted by atomic mass is 10.0. The SMILES string of the molecule is O=C(CSc1n[nH]c(-c2ccc(Cl)cc2)[n+]1-c1ccccc1)NN=Cc1c(O)ccc2ccccc12. The molecule has 0 saturated carbocycles. The fraction of sp³-hybridized carbons (Fsp3) is 0.0370. The summed E-state index contributed by atoms with van der Waals surface area (Å²) in [5, 5.41) is 24.9. The Hall–Kier alpha value is -4.14. The Labute approximate surface area is 216 Å². The maximum Gasteiger partial charge on any atom is 0.342 e. The van der Waals surface area contributed by atoms with Crippen LogP contribution in [-0.2, 0) is 4.79 Å². The number of fused-ring (bicyclic) bond motifs is 1. The fourth-order valence-corrected chi connectivity index (χ4v) is 4.65. The average Bonchev–Trinajstić information content (AvgIpc) is 3.33. The number of hydrazone groups is 1. The maximum atomic E-state index is 12.5. The number of aromatic amines is 1. The van der Waals surface area contributed by atoms with Crippen LogP contribution in [0.3, 0.4) is 0 Å². The fourth-order valence-electron chi connectivity index (χ4n) is 3.76. The number of hydrogen-bond donors (Lipinski definition) is 3. The van der Waals surface area contributed by atoms with Gasteiger partial charge in [0.05, 0.1) is 22.6 Å². The highest BCUT2D eigenvalue weighted by atomic mass is 35.5. The van der Waals surface area contributed by atoms with E-state index in [4.69, 9.17) is 11.6 Å². The molecule has 9 heteroatoms. The molecule has 5 aromatic rings. The van der Waals surface area contributed by atoms with E-state index in [9.17, 15) is 9.90 Å². The zero-order valence-corrected chi connectivity index (χ0v) is 20.5. The van der Waals surface area contributed by atoms with Gasteiger partial charge in [0.1, 0.15) is 11.4 Å². The molecule has 0 fully saturated rings. The van der Waals surface area contributed by atoms with Crippen molar-refractivity contribution in [3.63, 3.8) is 0 Å². The number of aromatic hydroxyl groups is 1. The van der Waals surface area contributed by atoms with Gasteiger partial charge in [0.15, 0.2) is 0 Å². The van der Waals surface area contributed by atoms with E-state index in [1.165, 1.54) is 18.0 Å². The molecule has 0 aliphatic rings. The summed E-state index contributed by atoms with van der Waals surface area (Å²) >= 11 is 7.34. The highest BCUT2D eigenvalue weighted by Crippen LogP contribution is 2.25. The van der Waals surface area contributed by atoms with Crippen molar-refractivity contribution < 1.29 is 14.5 Å². The summed E-state index contributed by atoms with van der Waals surface area (Å²) < 4.78 is 1.96. The molecule has 0 saturated heterocycles. The van der Waals surface area contributed by atoms with Crippen LogP contribution in [0.4, 0.5) is 0 Å². The number of benzene rings is 4. The number of nitrogens with one attached hydrogen (secondary N) is 2. The highest BCUT2D eigenvalue weighted by Gasteiger charge is 2.24. The molecule has 0 radical (unpaired) electrons. The summed E-state index contributed by atoms with van der Waals surface area (Å²) in [5.74, 6) is 0.657. The zero-order chi connectivity index (χ0) is 24.9. The lowest BCUT2D eigenvalue weighted by Crippen LogP contribution is -2.34. The number of rotatable bonds is 7. The zero-order valence-electron chi connectivity index (χ0n) is 18.9. The third kappa shape index (κ3) is 5.10. The van der Waals surface area contributed by atoms with Crippen LogP contribution in [0.5, 0.6) is 5.75 Å². The van der Waals surface area contributed by atoms with Crippen LogP contribution >= 0.6 is 23.4 Å². The molecule has 0 spiro atoms.